The molecule has 2 saturated heterocycles. The number of aromatic nitrogens is 2. The van der Waals surface area contributed by atoms with Gasteiger partial charge in [0, 0.05) is 65.3 Å². The van der Waals surface area contributed by atoms with Crippen molar-refractivity contribution >= 4 is 11.9 Å². The van der Waals surface area contributed by atoms with Crippen LogP contribution in [0.2, 0.25) is 0 Å². The van der Waals surface area contributed by atoms with Gasteiger partial charge in [0.15, 0.2) is 5.96 Å². The maximum Gasteiger partial charge on any atom is 0.225 e. The number of hydrogen-bond acceptors (Lipinski definition) is 6. The molecule has 0 radical (unpaired) electrons. The number of nitrogens with one attached hydrogen (secondary N) is 2. The molecule has 0 aromatic carbocycles. The first-order chi connectivity index (χ1) is 12.8. The molecule has 0 saturated carbocycles. The van der Waals surface area contributed by atoms with Crippen LogP contribution in [0.25, 0.3) is 0 Å². The van der Waals surface area contributed by atoms with Gasteiger partial charge in [0.1, 0.15) is 0 Å². The Kier molecular flexibility index (Phi) is 7.45. The van der Waals surface area contributed by atoms with Gasteiger partial charge in [-0.25, -0.2) is 9.97 Å². The Morgan fingerprint density at radius 1 is 1.23 bits per heavy atom. The van der Waals surface area contributed by atoms with Crippen LogP contribution in [0.15, 0.2) is 23.5 Å². The lowest BCUT2D eigenvalue weighted by atomic mass is 9.98. The molecule has 144 valence electrons. The minimum atomic E-state index is 0.574. The summed E-state index contributed by atoms with van der Waals surface area (Å²) in [4.78, 5) is 17.8. The van der Waals surface area contributed by atoms with Gasteiger partial charge in [-0.2, -0.15) is 0 Å². The summed E-state index contributed by atoms with van der Waals surface area (Å²) in [6.45, 7) is 8.59. The molecule has 8 nitrogen and oxygen atoms in total. The lowest BCUT2D eigenvalue weighted by Gasteiger charge is -2.33. The number of aliphatic imine (C=N–C) groups is 1. The molecular weight excluding hydrogens is 330 g/mol. The number of hydrogen-bond donors (Lipinski definition) is 2. The summed E-state index contributed by atoms with van der Waals surface area (Å²) in [7, 11) is 1.83. The third kappa shape index (κ3) is 5.81. The Balaban J connectivity index is 1.37. The molecule has 0 aliphatic carbocycles. The van der Waals surface area contributed by atoms with Crippen LogP contribution < -0.4 is 15.5 Å². The summed E-state index contributed by atoms with van der Waals surface area (Å²) in [6.07, 6.45) is 6.02. The van der Waals surface area contributed by atoms with E-state index in [4.69, 9.17) is 4.74 Å². The van der Waals surface area contributed by atoms with Crippen LogP contribution in [0.3, 0.4) is 0 Å². The molecule has 0 bridgehead atoms. The Morgan fingerprint density at radius 3 is 2.81 bits per heavy atom. The Hall–Kier alpha value is -1.93. The van der Waals surface area contributed by atoms with Crippen LogP contribution >= 0.6 is 0 Å². The first-order valence-electron chi connectivity index (χ1n) is 9.62. The van der Waals surface area contributed by atoms with Gasteiger partial charge in [0.25, 0.3) is 0 Å². The zero-order chi connectivity index (χ0) is 18.0. The van der Waals surface area contributed by atoms with Gasteiger partial charge in [-0.3, -0.25) is 9.89 Å². The predicted molar refractivity (Wildman–Crippen MR) is 104 cm³/mol. The Bertz CT molecular complexity index is 548. The SMILES string of the molecule is CN=C(NCCN1CCOCC1)NCC1CCCN(c2ncccn2)C1. The Labute approximate surface area is 156 Å². The van der Waals surface area contributed by atoms with Crippen LogP contribution in [0.4, 0.5) is 5.95 Å². The van der Waals surface area contributed by atoms with E-state index in [1.165, 1.54) is 12.8 Å². The van der Waals surface area contributed by atoms with E-state index in [0.29, 0.717) is 5.92 Å². The van der Waals surface area contributed by atoms with Crippen LogP contribution in [0.5, 0.6) is 0 Å². The molecule has 2 aliphatic rings. The van der Waals surface area contributed by atoms with Crippen LogP contribution in [-0.2, 0) is 4.74 Å². The molecule has 0 amide bonds. The highest BCUT2D eigenvalue weighted by atomic mass is 16.5. The summed E-state index contributed by atoms with van der Waals surface area (Å²) in [5.41, 5.74) is 0. The number of rotatable bonds is 6. The molecule has 1 unspecified atom stereocenters. The number of nitrogens with zero attached hydrogens (tertiary/aromatic N) is 5. The van der Waals surface area contributed by atoms with Gasteiger partial charge in [-0.15, -0.1) is 0 Å². The van der Waals surface area contributed by atoms with E-state index in [2.05, 4.69) is 35.4 Å². The van der Waals surface area contributed by atoms with Crippen molar-refractivity contribution in [3.63, 3.8) is 0 Å². The molecule has 0 spiro atoms. The molecule has 1 atom stereocenters. The van der Waals surface area contributed by atoms with Gasteiger partial charge in [0.2, 0.25) is 5.95 Å². The third-order valence-corrected chi connectivity index (χ3v) is 4.96. The van der Waals surface area contributed by atoms with Crippen molar-refractivity contribution in [2.24, 2.45) is 10.9 Å². The maximum atomic E-state index is 5.38. The fourth-order valence-corrected chi connectivity index (χ4v) is 3.49. The van der Waals surface area contributed by atoms with E-state index >= 15 is 0 Å². The number of piperidine rings is 1. The summed E-state index contributed by atoms with van der Waals surface area (Å²) >= 11 is 0. The number of morpholine rings is 1. The van der Waals surface area contributed by atoms with Crippen molar-refractivity contribution in [2.75, 3.05) is 71.0 Å². The number of ether oxygens (including phenoxy) is 1. The second kappa shape index (κ2) is 10.3. The standard InChI is InChI=1S/C18H31N7O/c1-19-17(20-7-9-24-10-12-26-13-11-24)23-14-16-4-2-8-25(15-16)18-21-5-3-6-22-18/h3,5-6,16H,2,4,7-15H2,1H3,(H2,19,20,23). The molecule has 26 heavy (non-hydrogen) atoms. The van der Waals surface area contributed by atoms with Gasteiger partial charge in [-0.1, -0.05) is 0 Å². The van der Waals surface area contributed by atoms with Gasteiger partial charge in [0.05, 0.1) is 13.2 Å². The largest absolute Gasteiger partial charge is 0.379 e. The van der Waals surface area contributed by atoms with E-state index < -0.39 is 0 Å². The van der Waals surface area contributed by atoms with E-state index in [0.717, 1.165) is 70.9 Å². The molecule has 2 fully saturated rings. The molecule has 1 aromatic rings. The van der Waals surface area contributed by atoms with E-state index in [1.807, 2.05) is 25.5 Å². The zero-order valence-corrected chi connectivity index (χ0v) is 15.7. The highest BCUT2D eigenvalue weighted by Gasteiger charge is 2.21. The van der Waals surface area contributed by atoms with Gasteiger partial charge < -0.3 is 20.3 Å². The van der Waals surface area contributed by atoms with Crippen molar-refractivity contribution in [2.45, 2.75) is 12.8 Å². The average Bonchev–Trinajstić information content (AvgIpc) is 2.72. The van der Waals surface area contributed by atoms with Crippen LogP contribution in [-0.4, -0.2) is 86.9 Å². The first kappa shape index (κ1) is 18.8. The fourth-order valence-electron chi connectivity index (χ4n) is 3.49. The van der Waals surface area contributed by atoms with Crippen LogP contribution in [0.1, 0.15) is 12.8 Å². The molecule has 3 heterocycles. The van der Waals surface area contributed by atoms with Crippen molar-refractivity contribution in [3.8, 4) is 0 Å². The molecule has 2 aliphatic heterocycles. The smallest absolute Gasteiger partial charge is 0.225 e. The lowest BCUT2D eigenvalue weighted by molar-refractivity contribution is 0.0389. The van der Waals surface area contributed by atoms with E-state index in [1.54, 1.807) is 0 Å². The summed E-state index contributed by atoms with van der Waals surface area (Å²) in [5.74, 6) is 2.29. The molecule has 1 aromatic heterocycles. The molecular formula is C18H31N7O. The van der Waals surface area contributed by atoms with Crippen molar-refractivity contribution in [1.29, 1.82) is 0 Å². The Morgan fingerprint density at radius 2 is 2.04 bits per heavy atom. The third-order valence-electron chi connectivity index (χ3n) is 4.96. The monoisotopic (exact) mass is 361 g/mol. The van der Waals surface area contributed by atoms with Gasteiger partial charge >= 0.3 is 0 Å². The fraction of sp³-hybridized carbons (Fsp3) is 0.722. The quantitative estimate of drug-likeness (QED) is 0.553. The van der Waals surface area contributed by atoms with Crippen molar-refractivity contribution < 1.29 is 4.74 Å². The average molecular weight is 361 g/mol. The maximum absolute atomic E-state index is 5.38. The minimum absolute atomic E-state index is 0.574. The molecule has 8 heteroatoms. The first-order valence-corrected chi connectivity index (χ1v) is 9.62. The van der Waals surface area contributed by atoms with Crippen molar-refractivity contribution in [1.82, 2.24) is 25.5 Å². The lowest BCUT2D eigenvalue weighted by Crippen LogP contribution is -2.47. The summed E-state index contributed by atoms with van der Waals surface area (Å²) < 4.78 is 5.38. The topological polar surface area (TPSA) is 77.9 Å². The highest BCUT2D eigenvalue weighted by Crippen LogP contribution is 2.19. The van der Waals surface area contributed by atoms with Gasteiger partial charge in [-0.05, 0) is 24.8 Å². The van der Waals surface area contributed by atoms with Crippen LogP contribution in [0, 0.1) is 5.92 Å². The second-order valence-electron chi connectivity index (χ2n) is 6.84. The normalized spacial score (nSPS) is 22.3. The number of guanidine groups is 1. The van der Waals surface area contributed by atoms with E-state index in [9.17, 15) is 0 Å². The predicted octanol–water partition coefficient (Wildman–Crippen LogP) is 0.190. The second-order valence-corrected chi connectivity index (χ2v) is 6.84. The molecule has 3 rings (SSSR count). The minimum Gasteiger partial charge on any atom is -0.379 e. The zero-order valence-electron chi connectivity index (χ0n) is 15.7. The highest BCUT2D eigenvalue weighted by molar-refractivity contribution is 5.79. The van der Waals surface area contributed by atoms with Crippen molar-refractivity contribution in [3.05, 3.63) is 18.5 Å². The van der Waals surface area contributed by atoms with E-state index in [-0.39, 0.29) is 0 Å². The number of anilines is 1. The summed E-state index contributed by atoms with van der Waals surface area (Å²) in [5, 5.41) is 6.89. The molecule has 2 N–H and O–H groups in total. The summed E-state index contributed by atoms with van der Waals surface area (Å²) in [6, 6.07) is 1.86.